The summed E-state index contributed by atoms with van der Waals surface area (Å²) in [5.74, 6) is 0.777. The fraction of sp³-hybridized carbons (Fsp3) is 0.381. The monoisotopic (exact) mass is 450 g/mol. The molecule has 0 unspecified atom stereocenters. The fourth-order valence-corrected chi connectivity index (χ4v) is 4.93. The van der Waals surface area contributed by atoms with Gasteiger partial charge in [-0.05, 0) is 54.3 Å². The maximum atomic E-state index is 13.6. The summed E-state index contributed by atoms with van der Waals surface area (Å²) < 4.78 is 44.1. The normalized spacial score (nSPS) is 14.0. The van der Waals surface area contributed by atoms with Crippen LogP contribution in [0.2, 0.25) is 0 Å². The van der Waals surface area contributed by atoms with Crippen LogP contribution in [0.15, 0.2) is 47.4 Å². The Hall–Kier alpha value is -2.82. The van der Waals surface area contributed by atoms with Crippen LogP contribution in [-0.4, -0.2) is 43.8 Å². The predicted octanol–water partition coefficient (Wildman–Crippen LogP) is 2.53. The largest absolute Gasteiger partial charge is 0.497 e. The number of fused-ring (bicyclic) bond motifs is 1. The van der Waals surface area contributed by atoms with Crippen LogP contribution < -0.4 is 19.7 Å². The van der Waals surface area contributed by atoms with Gasteiger partial charge >= 0.3 is 0 Å². The Balaban J connectivity index is 2.04. The second kappa shape index (κ2) is 9.54. The number of ether oxygens (including phenoxy) is 3. The van der Waals surface area contributed by atoms with Crippen molar-refractivity contribution in [2.75, 3.05) is 13.9 Å². The van der Waals surface area contributed by atoms with E-state index < -0.39 is 22.0 Å². The van der Waals surface area contributed by atoms with Crippen LogP contribution in [0.5, 0.6) is 17.2 Å². The highest BCUT2D eigenvalue weighted by Crippen LogP contribution is 2.34. The van der Waals surface area contributed by atoms with Crippen LogP contribution in [-0.2, 0) is 21.4 Å². The van der Waals surface area contributed by atoms with Gasteiger partial charge in [-0.1, -0.05) is 19.9 Å². The van der Waals surface area contributed by atoms with Crippen LogP contribution in [0, 0.1) is 5.92 Å². The lowest BCUT2D eigenvalue weighted by Gasteiger charge is -2.30. The Kier molecular flexibility index (Phi) is 7.04. The fourth-order valence-electron chi connectivity index (χ4n) is 3.34. The number of sulfonamides is 1. The quantitative estimate of drug-likeness (QED) is 0.446. The van der Waals surface area contributed by atoms with E-state index in [1.807, 2.05) is 13.8 Å². The van der Waals surface area contributed by atoms with Crippen LogP contribution in [0.1, 0.15) is 25.8 Å². The lowest BCUT2D eigenvalue weighted by molar-refractivity contribution is -0.133. The van der Waals surface area contributed by atoms with E-state index in [0.717, 1.165) is 4.31 Å². The summed E-state index contributed by atoms with van der Waals surface area (Å²) in [6.07, 6.45) is 0.215. The third-order valence-corrected chi connectivity index (χ3v) is 6.77. The van der Waals surface area contributed by atoms with Crippen molar-refractivity contribution in [1.82, 2.24) is 9.79 Å². The van der Waals surface area contributed by atoms with Crippen LogP contribution in [0.25, 0.3) is 0 Å². The van der Waals surface area contributed by atoms with Gasteiger partial charge in [-0.15, -0.1) is 0 Å². The van der Waals surface area contributed by atoms with E-state index in [1.54, 1.807) is 23.7 Å². The number of amides is 1. The number of rotatable bonds is 9. The molecule has 2 N–H and O–H groups in total. The number of hydrogen-bond acceptors (Lipinski definition) is 7. The summed E-state index contributed by atoms with van der Waals surface area (Å²) in [5, 5.41) is 9.29. The van der Waals surface area contributed by atoms with Gasteiger partial charge in [0.1, 0.15) is 11.8 Å². The zero-order valence-electron chi connectivity index (χ0n) is 17.6. The highest BCUT2D eigenvalue weighted by Gasteiger charge is 2.36. The molecule has 0 saturated heterocycles. The smallest absolute Gasteiger partial charge is 0.261 e. The second-order valence-electron chi connectivity index (χ2n) is 7.53. The molecule has 1 atom stereocenters. The van der Waals surface area contributed by atoms with E-state index in [1.165, 1.54) is 31.4 Å². The molecule has 2 aromatic rings. The van der Waals surface area contributed by atoms with Crippen molar-refractivity contribution in [2.45, 2.75) is 37.8 Å². The number of methoxy groups -OCH3 is 1. The number of hydroxylamine groups is 1. The predicted molar refractivity (Wildman–Crippen MR) is 111 cm³/mol. The van der Waals surface area contributed by atoms with E-state index in [0.29, 0.717) is 22.8 Å². The summed E-state index contributed by atoms with van der Waals surface area (Å²) >= 11 is 0. The summed E-state index contributed by atoms with van der Waals surface area (Å²) in [4.78, 5) is 12.5. The number of nitrogens with one attached hydrogen (secondary N) is 1. The lowest BCUT2D eigenvalue weighted by atomic mass is 10.0. The third-order valence-electron chi connectivity index (χ3n) is 4.90. The summed E-state index contributed by atoms with van der Waals surface area (Å²) in [7, 11) is -2.62. The zero-order valence-corrected chi connectivity index (χ0v) is 18.4. The topological polar surface area (TPSA) is 114 Å². The maximum absolute atomic E-state index is 13.6. The van der Waals surface area contributed by atoms with Gasteiger partial charge in [-0.25, -0.2) is 13.9 Å². The maximum Gasteiger partial charge on any atom is 0.261 e. The van der Waals surface area contributed by atoms with Crippen LogP contribution in [0.3, 0.4) is 0 Å². The lowest BCUT2D eigenvalue weighted by Crippen LogP contribution is -2.49. The summed E-state index contributed by atoms with van der Waals surface area (Å²) in [5.41, 5.74) is 2.22. The first-order chi connectivity index (χ1) is 14.8. The molecule has 0 saturated carbocycles. The minimum Gasteiger partial charge on any atom is -0.497 e. The molecule has 0 aliphatic carbocycles. The zero-order chi connectivity index (χ0) is 22.6. The SMILES string of the molecule is COc1ccc(S(=O)(=O)N(Cc2ccc3c(c2)OCO3)[C@H](CC(C)C)C(=O)NO)cc1. The molecule has 0 radical (unpaired) electrons. The first-order valence-electron chi connectivity index (χ1n) is 9.74. The first kappa shape index (κ1) is 22.9. The van der Waals surface area contributed by atoms with Crippen LogP contribution >= 0.6 is 0 Å². The van der Waals surface area contributed by atoms with E-state index in [-0.39, 0.29) is 30.6 Å². The molecular formula is C21H26N2O7S. The molecule has 31 heavy (non-hydrogen) atoms. The van der Waals surface area contributed by atoms with Crippen molar-refractivity contribution in [1.29, 1.82) is 0 Å². The molecule has 0 spiro atoms. The van der Waals surface area contributed by atoms with Gasteiger partial charge in [-0.3, -0.25) is 10.0 Å². The summed E-state index contributed by atoms with van der Waals surface area (Å²) in [6.45, 7) is 3.73. The van der Waals surface area contributed by atoms with Crippen molar-refractivity contribution in [3.05, 3.63) is 48.0 Å². The van der Waals surface area contributed by atoms with Crippen molar-refractivity contribution in [3.8, 4) is 17.2 Å². The molecule has 3 rings (SSSR count). The van der Waals surface area contributed by atoms with Crippen LogP contribution in [0.4, 0.5) is 0 Å². The number of carbonyl (C=O) groups excluding carboxylic acids is 1. The number of benzene rings is 2. The number of hydrogen-bond donors (Lipinski definition) is 2. The number of nitrogens with zero attached hydrogens (tertiary/aromatic N) is 1. The molecule has 0 bridgehead atoms. The minimum atomic E-state index is -4.10. The average Bonchev–Trinajstić information content (AvgIpc) is 3.23. The third kappa shape index (κ3) is 5.09. The van der Waals surface area contributed by atoms with E-state index in [4.69, 9.17) is 14.2 Å². The molecule has 0 aromatic heterocycles. The van der Waals surface area contributed by atoms with E-state index in [9.17, 15) is 18.4 Å². The first-order valence-corrected chi connectivity index (χ1v) is 11.2. The van der Waals surface area contributed by atoms with Gasteiger partial charge in [0.25, 0.3) is 5.91 Å². The van der Waals surface area contributed by atoms with Gasteiger partial charge in [0.15, 0.2) is 11.5 Å². The Morgan fingerprint density at radius 2 is 1.84 bits per heavy atom. The molecule has 9 nitrogen and oxygen atoms in total. The Labute approximate surface area is 181 Å². The molecule has 168 valence electrons. The van der Waals surface area contributed by atoms with Crippen molar-refractivity contribution in [2.24, 2.45) is 5.92 Å². The Bertz CT molecular complexity index is 1020. The molecular weight excluding hydrogens is 424 g/mol. The van der Waals surface area contributed by atoms with Crippen molar-refractivity contribution >= 4 is 15.9 Å². The average molecular weight is 451 g/mol. The molecule has 1 aliphatic rings. The highest BCUT2D eigenvalue weighted by atomic mass is 32.2. The van der Waals surface area contributed by atoms with Gasteiger partial charge in [-0.2, -0.15) is 4.31 Å². The summed E-state index contributed by atoms with van der Waals surface area (Å²) in [6, 6.07) is 9.88. The Morgan fingerprint density at radius 1 is 1.16 bits per heavy atom. The second-order valence-corrected chi connectivity index (χ2v) is 9.43. The van der Waals surface area contributed by atoms with Crippen molar-refractivity contribution in [3.63, 3.8) is 0 Å². The van der Waals surface area contributed by atoms with Gasteiger partial charge < -0.3 is 14.2 Å². The molecule has 1 aliphatic heterocycles. The molecule has 1 heterocycles. The molecule has 1 amide bonds. The van der Waals surface area contributed by atoms with Gasteiger partial charge in [0.2, 0.25) is 16.8 Å². The van der Waals surface area contributed by atoms with Crippen molar-refractivity contribution < 1.29 is 32.6 Å². The highest BCUT2D eigenvalue weighted by molar-refractivity contribution is 7.89. The number of carbonyl (C=O) groups is 1. The Morgan fingerprint density at radius 3 is 2.45 bits per heavy atom. The molecule has 10 heteroatoms. The van der Waals surface area contributed by atoms with Gasteiger partial charge in [0, 0.05) is 6.54 Å². The standard InChI is InChI=1S/C21H26N2O7S/c1-14(2)10-18(21(24)22-25)23(12-15-4-9-19-20(11-15)30-13-29-19)31(26,27)17-7-5-16(28-3)6-8-17/h4-9,11,14,18,25H,10,12-13H2,1-3H3,(H,22,24)/t18-/m1/s1. The molecule has 0 fully saturated rings. The van der Waals surface area contributed by atoms with E-state index >= 15 is 0 Å². The molecule has 2 aromatic carbocycles. The minimum absolute atomic E-state index is 0.00683. The van der Waals surface area contributed by atoms with E-state index in [2.05, 4.69) is 0 Å². The van der Waals surface area contributed by atoms with Gasteiger partial charge in [0.05, 0.1) is 12.0 Å².